The summed E-state index contributed by atoms with van der Waals surface area (Å²) in [5.41, 5.74) is 0. The zero-order valence-corrected chi connectivity index (χ0v) is 29.1. The van der Waals surface area contributed by atoms with Gasteiger partial charge in [-0.1, -0.05) is 233 Å². The summed E-state index contributed by atoms with van der Waals surface area (Å²) in [6.07, 6.45) is 46.8. The van der Waals surface area contributed by atoms with Gasteiger partial charge in [0.1, 0.15) is 0 Å². The largest absolute Gasteiger partial charge is 0.147 e. The SMILES string of the molecule is CCCCCCCCCCCCCCCCCC.CCCCCCCCCCCCCCCCCC.Cl.Cl. The van der Waals surface area contributed by atoms with Crippen LogP contribution in [0.3, 0.4) is 0 Å². The zero-order chi connectivity index (χ0) is 26.6. The van der Waals surface area contributed by atoms with Gasteiger partial charge < -0.3 is 0 Å². The lowest BCUT2D eigenvalue weighted by Crippen LogP contribution is -1.83. The summed E-state index contributed by atoms with van der Waals surface area (Å²) in [4.78, 5) is 0. The lowest BCUT2D eigenvalue weighted by Gasteiger charge is -2.03. The maximum absolute atomic E-state index is 2.29. The Morgan fingerprint density at radius 1 is 0.158 bits per heavy atom. The minimum absolute atomic E-state index is 0. The lowest BCUT2D eigenvalue weighted by atomic mass is 10.0. The van der Waals surface area contributed by atoms with Gasteiger partial charge in [0, 0.05) is 0 Å². The van der Waals surface area contributed by atoms with Crippen LogP contribution in [0.2, 0.25) is 0 Å². The summed E-state index contributed by atoms with van der Waals surface area (Å²) in [5.74, 6) is 0. The molecule has 0 spiro atoms. The Labute approximate surface area is 257 Å². The topological polar surface area (TPSA) is 0 Å². The number of hydrogen-bond acceptors (Lipinski definition) is 0. The molecule has 0 saturated heterocycles. The first kappa shape index (κ1) is 45.6. The molecule has 0 rings (SSSR count). The molecule has 0 aromatic heterocycles. The van der Waals surface area contributed by atoms with Crippen molar-refractivity contribution in [3.63, 3.8) is 0 Å². The molecule has 0 bridgehead atoms. The molecule has 0 N–H and O–H groups in total. The second kappa shape index (κ2) is 47.4. The number of rotatable bonds is 30. The van der Waals surface area contributed by atoms with E-state index in [-0.39, 0.29) is 24.8 Å². The second-order valence-corrected chi connectivity index (χ2v) is 11.9. The highest BCUT2D eigenvalue weighted by Crippen LogP contribution is 2.15. The Bertz CT molecular complexity index is 267. The Morgan fingerprint density at radius 3 is 0.316 bits per heavy atom. The van der Waals surface area contributed by atoms with E-state index < -0.39 is 0 Å². The van der Waals surface area contributed by atoms with Gasteiger partial charge in [0.25, 0.3) is 0 Å². The van der Waals surface area contributed by atoms with Gasteiger partial charge >= 0.3 is 0 Å². The van der Waals surface area contributed by atoms with E-state index in [9.17, 15) is 0 Å². The van der Waals surface area contributed by atoms with E-state index in [2.05, 4.69) is 27.7 Å². The fourth-order valence-corrected chi connectivity index (χ4v) is 5.24. The molecule has 0 atom stereocenters. The fourth-order valence-electron chi connectivity index (χ4n) is 5.24. The summed E-state index contributed by atoms with van der Waals surface area (Å²) < 4.78 is 0. The third kappa shape index (κ3) is 49.5. The van der Waals surface area contributed by atoms with Crippen LogP contribution in [0.5, 0.6) is 0 Å². The summed E-state index contributed by atoms with van der Waals surface area (Å²) >= 11 is 0. The molecule has 0 aliphatic carbocycles. The predicted octanol–water partition coefficient (Wildman–Crippen LogP) is 15.4. The molecule has 0 radical (unpaired) electrons. The molecule has 0 heterocycles. The van der Waals surface area contributed by atoms with Gasteiger partial charge in [-0.2, -0.15) is 0 Å². The first-order valence-electron chi connectivity index (χ1n) is 17.8. The molecule has 0 nitrogen and oxygen atoms in total. The van der Waals surface area contributed by atoms with E-state index in [1.807, 2.05) is 0 Å². The summed E-state index contributed by atoms with van der Waals surface area (Å²) in [6.45, 7) is 9.18. The van der Waals surface area contributed by atoms with Crippen LogP contribution in [0.1, 0.15) is 233 Å². The van der Waals surface area contributed by atoms with Gasteiger partial charge in [-0.3, -0.25) is 0 Å². The molecule has 38 heavy (non-hydrogen) atoms. The van der Waals surface area contributed by atoms with Gasteiger partial charge in [-0.05, 0) is 0 Å². The zero-order valence-electron chi connectivity index (χ0n) is 27.4. The lowest BCUT2D eigenvalue weighted by molar-refractivity contribution is 0.531. The van der Waals surface area contributed by atoms with Crippen molar-refractivity contribution in [3.05, 3.63) is 0 Å². The molecule has 236 valence electrons. The van der Waals surface area contributed by atoms with Crippen molar-refractivity contribution in [2.75, 3.05) is 0 Å². The minimum atomic E-state index is 0. The van der Waals surface area contributed by atoms with Crippen molar-refractivity contribution in [1.29, 1.82) is 0 Å². The van der Waals surface area contributed by atoms with E-state index in [0.717, 1.165) is 0 Å². The Morgan fingerprint density at radius 2 is 0.237 bits per heavy atom. The van der Waals surface area contributed by atoms with E-state index in [0.29, 0.717) is 0 Å². The second-order valence-electron chi connectivity index (χ2n) is 11.9. The van der Waals surface area contributed by atoms with Crippen LogP contribution in [-0.2, 0) is 0 Å². The smallest absolute Gasteiger partial charge is 0.0533 e. The molecule has 0 amide bonds. The Kier molecular flexibility index (Phi) is 56.8. The van der Waals surface area contributed by atoms with Crippen LogP contribution in [0, 0.1) is 0 Å². The molecule has 0 aromatic carbocycles. The van der Waals surface area contributed by atoms with Gasteiger partial charge in [0.15, 0.2) is 0 Å². The van der Waals surface area contributed by atoms with Crippen LogP contribution in [0.25, 0.3) is 0 Å². The molecule has 0 aromatic rings. The standard InChI is InChI=1S/2C18H38.2ClH/c2*1-3-5-7-9-11-13-15-17-18-16-14-12-10-8-6-4-2;;/h2*3-18H2,1-2H3;2*1H. The van der Waals surface area contributed by atoms with Gasteiger partial charge in [0.2, 0.25) is 0 Å². The van der Waals surface area contributed by atoms with Crippen LogP contribution < -0.4 is 0 Å². The quantitative estimate of drug-likeness (QED) is 0.0740. The molecule has 2 heteroatoms. The van der Waals surface area contributed by atoms with Gasteiger partial charge in [-0.15, -0.1) is 24.8 Å². The molecular formula is C36H78Cl2. The monoisotopic (exact) mass is 581 g/mol. The average Bonchev–Trinajstić information content (AvgIpc) is 2.89. The predicted molar refractivity (Wildman–Crippen MR) is 185 cm³/mol. The van der Waals surface area contributed by atoms with Gasteiger partial charge in [0.05, 0.1) is 0 Å². The minimum Gasteiger partial charge on any atom is -0.147 e. The van der Waals surface area contributed by atoms with E-state index >= 15 is 0 Å². The fraction of sp³-hybridized carbons (Fsp3) is 1.00. The number of halogens is 2. The molecule has 0 saturated carbocycles. The van der Waals surface area contributed by atoms with Crippen molar-refractivity contribution in [1.82, 2.24) is 0 Å². The van der Waals surface area contributed by atoms with Crippen LogP contribution in [0.15, 0.2) is 0 Å². The van der Waals surface area contributed by atoms with Crippen LogP contribution in [0.4, 0.5) is 0 Å². The Balaban J connectivity index is -0.000000289. The highest BCUT2D eigenvalue weighted by molar-refractivity contribution is 5.85. The Hall–Kier alpha value is 0.580. The summed E-state index contributed by atoms with van der Waals surface area (Å²) in [5, 5.41) is 0. The maximum Gasteiger partial charge on any atom is -0.0533 e. The van der Waals surface area contributed by atoms with Crippen LogP contribution in [-0.4, -0.2) is 0 Å². The first-order valence-corrected chi connectivity index (χ1v) is 17.8. The van der Waals surface area contributed by atoms with E-state index in [1.54, 1.807) is 0 Å². The van der Waals surface area contributed by atoms with E-state index in [4.69, 9.17) is 0 Å². The van der Waals surface area contributed by atoms with Crippen molar-refractivity contribution < 1.29 is 0 Å². The number of hydrogen-bond donors (Lipinski definition) is 0. The summed E-state index contributed by atoms with van der Waals surface area (Å²) in [6, 6.07) is 0. The van der Waals surface area contributed by atoms with Crippen molar-refractivity contribution in [3.8, 4) is 0 Å². The van der Waals surface area contributed by atoms with Crippen molar-refractivity contribution >= 4 is 24.8 Å². The van der Waals surface area contributed by atoms with E-state index in [1.165, 1.54) is 205 Å². The van der Waals surface area contributed by atoms with Crippen molar-refractivity contribution in [2.24, 2.45) is 0 Å². The molecular weight excluding hydrogens is 503 g/mol. The molecule has 0 aliphatic heterocycles. The van der Waals surface area contributed by atoms with Gasteiger partial charge in [-0.25, -0.2) is 0 Å². The molecule has 0 aliphatic rings. The summed E-state index contributed by atoms with van der Waals surface area (Å²) in [7, 11) is 0. The van der Waals surface area contributed by atoms with Crippen molar-refractivity contribution in [2.45, 2.75) is 233 Å². The molecule has 0 unspecified atom stereocenters. The third-order valence-corrected chi connectivity index (χ3v) is 7.91. The first-order chi connectivity index (χ1) is 17.8. The molecule has 0 fully saturated rings. The highest BCUT2D eigenvalue weighted by atomic mass is 35.5. The number of unbranched alkanes of at least 4 members (excludes halogenated alkanes) is 30. The normalized spacial score (nSPS) is 10.4. The van der Waals surface area contributed by atoms with Crippen LogP contribution >= 0.6 is 24.8 Å². The maximum atomic E-state index is 2.29. The third-order valence-electron chi connectivity index (χ3n) is 7.91. The average molecular weight is 582 g/mol. The highest BCUT2D eigenvalue weighted by Gasteiger charge is 1.95.